The maximum absolute atomic E-state index is 10.8. The summed E-state index contributed by atoms with van der Waals surface area (Å²) in [6.45, 7) is 0.188. The van der Waals surface area contributed by atoms with Crippen LogP contribution in [-0.2, 0) is 11.3 Å². The van der Waals surface area contributed by atoms with Crippen LogP contribution < -0.4 is 11.1 Å². The van der Waals surface area contributed by atoms with Crippen molar-refractivity contribution in [1.82, 2.24) is 5.32 Å². The normalized spacial score (nSPS) is 9.56. The number of carbonyl (C=O) groups excluding carboxylic acids is 1. The number of benzene rings is 1. The Morgan fingerprint density at radius 2 is 2.19 bits per heavy atom. The summed E-state index contributed by atoms with van der Waals surface area (Å²) in [6, 6.07) is 4.53. The predicted molar refractivity (Wildman–Crippen MR) is 57.1 cm³/mol. The molecule has 1 aromatic carbocycles. The van der Waals surface area contributed by atoms with E-state index in [0.717, 1.165) is 0 Å². The van der Waals surface area contributed by atoms with Crippen LogP contribution in [0.5, 0.6) is 0 Å². The Morgan fingerprint density at radius 3 is 2.75 bits per heavy atom. The van der Waals surface area contributed by atoms with Crippen molar-refractivity contribution in [1.29, 1.82) is 0 Å². The van der Waals surface area contributed by atoms with Gasteiger partial charge in [-0.05, 0) is 17.7 Å². The van der Waals surface area contributed by atoms with Gasteiger partial charge in [-0.25, -0.2) is 9.59 Å². The van der Waals surface area contributed by atoms with Crippen molar-refractivity contribution in [2.75, 3.05) is 12.8 Å². The number of carbonyl (C=O) groups is 2. The fraction of sp³-hybridized carbons (Fsp3) is 0.200. The molecule has 0 unspecified atom stereocenters. The van der Waals surface area contributed by atoms with Crippen molar-refractivity contribution in [3.63, 3.8) is 0 Å². The summed E-state index contributed by atoms with van der Waals surface area (Å²) in [5, 5.41) is 11.3. The highest BCUT2D eigenvalue weighted by Gasteiger charge is 2.08. The average Bonchev–Trinajstić information content (AvgIpc) is 2.27. The number of methoxy groups -OCH3 is 1. The second-order valence-electron chi connectivity index (χ2n) is 3.07. The summed E-state index contributed by atoms with van der Waals surface area (Å²) < 4.78 is 4.38. The summed E-state index contributed by atoms with van der Waals surface area (Å²) in [5.41, 5.74) is 6.32. The van der Waals surface area contributed by atoms with Crippen LogP contribution in [0.4, 0.5) is 10.5 Å². The molecule has 4 N–H and O–H groups in total. The lowest BCUT2D eigenvalue weighted by atomic mass is 10.1. The lowest BCUT2D eigenvalue weighted by Gasteiger charge is -2.06. The van der Waals surface area contributed by atoms with E-state index in [4.69, 9.17) is 10.8 Å². The number of nitrogens with one attached hydrogen (secondary N) is 1. The van der Waals surface area contributed by atoms with Gasteiger partial charge in [-0.1, -0.05) is 6.07 Å². The molecule has 0 aliphatic rings. The van der Waals surface area contributed by atoms with Crippen LogP contribution in [0, 0.1) is 0 Å². The van der Waals surface area contributed by atoms with Gasteiger partial charge in [0.1, 0.15) is 0 Å². The molecule has 6 heteroatoms. The minimum Gasteiger partial charge on any atom is -0.478 e. The predicted octanol–water partition coefficient (Wildman–Crippen LogP) is 0.823. The number of alkyl carbamates (subject to hydrolysis) is 1. The SMILES string of the molecule is COC(=O)NCc1ccc(N)c(C(=O)O)c1. The van der Waals surface area contributed by atoms with Gasteiger partial charge in [0.15, 0.2) is 0 Å². The Morgan fingerprint density at radius 1 is 1.50 bits per heavy atom. The number of hydrogen-bond donors (Lipinski definition) is 3. The molecule has 6 nitrogen and oxygen atoms in total. The molecule has 1 aromatic rings. The summed E-state index contributed by atoms with van der Waals surface area (Å²) >= 11 is 0. The third-order valence-corrected chi connectivity index (χ3v) is 1.97. The van der Waals surface area contributed by atoms with Gasteiger partial charge in [0.25, 0.3) is 0 Å². The third-order valence-electron chi connectivity index (χ3n) is 1.97. The Labute approximate surface area is 92.0 Å². The van der Waals surface area contributed by atoms with E-state index in [9.17, 15) is 9.59 Å². The van der Waals surface area contributed by atoms with Gasteiger partial charge in [-0.15, -0.1) is 0 Å². The van der Waals surface area contributed by atoms with Gasteiger partial charge >= 0.3 is 12.1 Å². The lowest BCUT2D eigenvalue weighted by Crippen LogP contribution is -2.22. The zero-order valence-electron chi connectivity index (χ0n) is 8.69. The van der Waals surface area contributed by atoms with Crippen LogP contribution >= 0.6 is 0 Å². The molecule has 0 aliphatic heterocycles. The number of aromatic carboxylic acids is 1. The molecule has 0 spiro atoms. The largest absolute Gasteiger partial charge is 0.478 e. The van der Waals surface area contributed by atoms with Gasteiger partial charge in [-0.3, -0.25) is 0 Å². The highest BCUT2D eigenvalue weighted by atomic mass is 16.5. The maximum Gasteiger partial charge on any atom is 0.407 e. The molecular weight excluding hydrogens is 212 g/mol. The van der Waals surface area contributed by atoms with Crippen LogP contribution in [0.25, 0.3) is 0 Å². The fourth-order valence-corrected chi connectivity index (χ4v) is 1.15. The molecule has 0 heterocycles. The quantitative estimate of drug-likeness (QED) is 0.660. The van der Waals surface area contributed by atoms with E-state index >= 15 is 0 Å². The first kappa shape index (κ1) is 11.8. The van der Waals surface area contributed by atoms with Crippen molar-refractivity contribution in [2.24, 2.45) is 0 Å². The van der Waals surface area contributed by atoms with E-state index < -0.39 is 12.1 Å². The molecule has 0 saturated carbocycles. The van der Waals surface area contributed by atoms with Crippen LogP contribution in [0.15, 0.2) is 18.2 Å². The van der Waals surface area contributed by atoms with Gasteiger partial charge in [-0.2, -0.15) is 0 Å². The molecule has 0 saturated heterocycles. The van der Waals surface area contributed by atoms with Crippen molar-refractivity contribution in [3.8, 4) is 0 Å². The van der Waals surface area contributed by atoms with Crippen molar-refractivity contribution in [3.05, 3.63) is 29.3 Å². The van der Waals surface area contributed by atoms with Crippen molar-refractivity contribution < 1.29 is 19.4 Å². The smallest absolute Gasteiger partial charge is 0.407 e. The lowest BCUT2D eigenvalue weighted by molar-refractivity contribution is 0.0698. The van der Waals surface area contributed by atoms with Crippen molar-refractivity contribution in [2.45, 2.75) is 6.54 Å². The Balaban J connectivity index is 2.79. The Hall–Kier alpha value is -2.24. The van der Waals surface area contributed by atoms with Gasteiger partial charge in [0, 0.05) is 12.2 Å². The fourth-order valence-electron chi connectivity index (χ4n) is 1.15. The maximum atomic E-state index is 10.8. The van der Waals surface area contributed by atoms with Gasteiger partial charge < -0.3 is 20.9 Å². The minimum absolute atomic E-state index is 0.0177. The number of nitrogens with two attached hydrogens (primary N) is 1. The number of amides is 1. The topological polar surface area (TPSA) is 102 Å². The summed E-state index contributed by atoms with van der Waals surface area (Å²) in [4.78, 5) is 21.6. The molecule has 1 amide bonds. The second-order valence-corrected chi connectivity index (χ2v) is 3.07. The molecule has 0 aromatic heterocycles. The van der Waals surface area contributed by atoms with Gasteiger partial charge in [0.2, 0.25) is 0 Å². The number of carboxylic acid groups (broad SMARTS) is 1. The van der Waals surface area contributed by atoms with Crippen LogP contribution in [0.2, 0.25) is 0 Å². The van der Waals surface area contributed by atoms with Crippen LogP contribution in [0.1, 0.15) is 15.9 Å². The monoisotopic (exact) mass is 224 g/mol. The molecule has 1 rings (SSSR count). The van der Waals surface area contributed by atoms with Gasteiger partial charge in [0.05, 0.1) is 12.7 Å². The van der Waals surface area contributed by atoms with E-state index in [1.807, 2.05) is 0 Å². The standard InChI is InChI=1S/C10H12N2O4/c1-16-10(15)12-5-6-2-3-8(11)7(4-6)9(13)14/h2-4H,5,11H2,1H3,(H,12,15)(H,13,14). The minimum atomic E-state index is -1.10. The highest BCUT2D eigenvalue weighted by molar-refractivity contribution is 5.93. The van der Waals surface area contributed by atoms with Crippen molar-refractivity contribution >= 4 is 17.7 Å². The molecular formula is C10H12N2O4. The Bertz CT molecular complexity index is 417. The zero-order chi connectivity index (χ0) is 12.1. The first-order chi connectivity index (χ1) is 7.54. The van der Waals surface area contributed by atoms with Crippen LogP contribution in [-0.4, -0.2) is 24.3 Å². The number of ether oxygens (including phenoxy) is 1. The molecule has 0 atom stereocenters. The number of rotatable bonds is 3. The molecule has 86 valence electrons. The third kappa shape index (κ3) is 2.88. The van der Waals surface area contributed by atoms with Crippen LogP contribution in [0.3, 0.4) is 0 Å². The summed E-state index contributed by atoms with van der Waals surface area (Å²) in [7, 11) is 1.25. The first-order valence-electron chi connectivity index (χ1n) is 4.48. The average molecular weight is 224 g/mol. The second kappa shape index (κ2) is 5.01. The van der Waals surface area contributed by atoms with E-state index in [-0.39, 0.29) is 17.8 Å². The number of hydrogen-bond acceptors (Lipinski definition) is 4. The Kier molecular flexibility index (Phi) is 3.71. The van der Waals surface area contributed by atoms with E-state index in [1.165, 1.54) is 19.2 Å². The summed E-state index contributed by atoms with van der Waals surface area (Å²) in [6.07, 6.45) is -0.575. The molecule has 0 radical (unpaired) electrons. The van der Waals surface area contributed by atoms with E-state index in [0.29, 0.717) is 5.56 Å². The number of nitrogen functional groups attached to an aromatic ring is 1. The highest BCUT2D eigenvalue weighted by Crippen LogP contribution is 2.14. The van der Waals surface area contributed by atoms with E-state index in [2.05, 4.69) is 10.1 Å². The molecule has 0 bridgehead atoms. The first-order valence-corrected chi connectivity index (χ1v) is 4.48. The summed E-state index contributed by atoms with van der Waals surface area (Å²) in [5.74, 6) is -1.10. The van der Waals surface area contributed by atoms with E-state index in [1.54, 1.807) is 6.07 Å². The zero-order valence-corrected chi connectivity index (χ0v) is 8.69. The number of anilines is 1. The number of carboxylic acids is 1. The molecule has 16 heavy (non-hydrogen) atoms. The molecule has 0 aliphatic carbocycles. The molecule has 0 fully saturated rings.